The van der Waals surface area contributed by atoms with Crippen LogP contribution in [0.15, 0.2) is 48.5 Å². The maximum Gasteiger partial charge on any atom is 0.0607 e. The van der Waals surface area contributed by atoms with E-state index in [0.29, 0.717) is 0 Å². The minimum Gasteiger partial charge on any atom is -0.371 e. The number of benzene rings is 2. The van der Waals surface area contributed by atoms with Crippen molar-refractivity contribution in [3.8, 4) is 0 Å². The molecular formula is C18H23N3. The Kier molecular flexibility index (Phi) is 4.11. The third-order valence-electron chi connectivity index (χ3n) is 4.08. The second-order valence-electron chi connectivity index (χ2n) is 5.68. The van der Waals surface area contributed by atoms with Crippen LogP contribution in [-0.4, -0.2) is 27.2 Å². The molecular weight excluding hydrogens is 258 g/mol. The summed E-state index contributed by atoms with van der Waals surface area (Å²) >= 11 is 0. The average Bonchev–Trinajstić information content (AvgIpc) is 2.51. The van der Waals surface area contributed by atoms with Crippen LogP contribution >= 0.6 is 0 Å². The smallest absolute Gasteiger partial charge is 0.0607 e. The van der Waals surface area contributed by atoms with Crippen LogP contribution in [0.2, 0.25) is 0 Å². The lowest BCUT2D eigenvalue weighted by atomic mass is 10.1. The van der Waals surface area contributed by atoms with Gasteiger partial charge in [-0.1, -0.05) is 36.4 Å². The van der Waals surface area contributed by atoms with Gasteiger partial charge >= 0.3 is 0 Å². The number of hydrogen-bond acceptors (Lipinski definition) is 3. The third-order valence-corrected chi connectivity index (χ3v) is 4.08. The molecule has 0 saturated heterocycles. The van der Waals surface area contributed by atoms with Crippen molar-refractivity contribution in [1.29, 1.82) is 0 Å². The van der Waals surface area contributed by atoms with Gasteiger partial charge in [0, 0.05) is 33.2 Å². The highest BCUT2D eigenvalue weighted by molar-refractivity contribution is 5.73. The molecule has 0 spiro atoms. The molecule has 0 bridgehead atoms. The van der Waals surface area contributed by atoms with Crippen molar-refractivity contribution in [1.82, 2.24) is 5.32 Å². The summed E-state index contributed by atoms with van der Waals surface area (Å²) in [6.45, 7) is 4.05. The normalized spacial score (nSPS) is 14.2. The SMILES string of the molecule is CNCc1cccc(CN2CCN(C)c3ccccc32)c1. The highest BCUT2D eigenvalue weighted by Crippen LogP contribution is 2.32. The monoisotopic (exact) mass is 281 g/mol. The van der Waals surface area contributed by atoms with E-state index in [9.17, 15) is 0 Å². The van der Waals surface area contributed by atoms with Gasteiger partial charge in [0.1, 0.15) is 0 Å². The predicted molar refractivity (Wildman–Crippen MR) is 90.0 cm³/mol. The van der Waals surface area contributed by atoms with E-state index in [1.165, 1.54) is 22.5 Å². The van der Waals surface area contributed by atoms with Crippen LogP contribution in [0.25, 0.3) is 0 Å². The molecule has 2 aromatic rings. The largest absolute Gasteiger partial charge is 0.371 e. The second-order valence-corrected chi connectivity index (χ2v) is 5.68. The number of nitrogens with zero attached hydrogens (tertiary/aromatic N) is 2. The Labute approximate surface area is 127 Å². The lowest BCUT2D eigenvalue weighted by Gasteiger charge is -2.37. The molecule has 1 aliphatic rings. The summed E-state index contributed by atoms with van der Waals surface area (Å²) in [6, 6.07) is 17.5. The molecule has 1 heterocycles. The topological polar surface area (TPSA) is 18.5 Å². The van der Waals surface area contributed by atoms with Crippen LogP contribution in [0.4, 0.5) is 11.4 Å². The molecule has 3 heteroatoms. The summed E-state index contributed by atoms with van der Waals surface area (Å²) < 4.78 is 0. The molecule has 0 amide bonds. The highest BCUT2D eigenvalue weighted by Gasteiger charge is 2.19. The molecule has 1 aliphatic heterocycles. The third kappa shape index (κ3) is 3.03. The van der Waals surface area contributed by atoms with Gasteiger partial charge in [-0.2, -0.15) is 0 Å². The first kappa shape index (κ1) is 14.0. The van der Waals surface area contributed by atoms with Crippen molar-refractivity contribution in [2.45, 2.75) is 13.1 Å². The van der Waals surface area contributed by atoms with Crippen molar-refractivity contribution >= 4 is 11.4 Å². The Morgan fingerprint density at radius 3 is 2.52 bits per heavy atom. The fourth-order valence-corrected chi connectivity index (χ4v) is 2.99. The summed E-state index contributed by atoms with van der Waals surface area (Å²) in [5, 5.41) is 3.22. The standard InChI is InChI=1S/C18H23N3/c1-19-13-15-6-5-7-16(12-15)14-21-11-10-20(2)17-8-3-4-9-18(17)21/h3-9,12,19H,10-11,13-14H2,1-2H3. The predicted octanol–water partition coefficient (Wildman–Crippen LogP) is 2.86. The maximum absolute atomic E-state index is 3.22. The van der Waals surface area contributed by atoms with E-state index in [4.69, 9.17) is 0 Å². The number of rotatable bonds is 4. The molecule has 0 radical (unpaired) electrons. The Balaban J connectivity index is 1.82. The molecule has 3 nitrogen and oxygen atoms in total. The summed E-state index contributed by atoms with van der Waals surface area (Å²) in [5.74, 6) is 0. The maximum atomic E-state index is 3.22. The van der Waals surface area contributed by atoms with Crippen LogP contribution in [0.3, 0.4) is 0 Å². The summed E-state index contributed by atoms with van der Waals surface area (Å²) in [6.07, 6.45) is 0. The molecule has 0 unspecified atom stereocenters. The average molecular weight is 281 g/mol. The number of anilines is 2. The highest BCUT2D eigenvalue weighted by atomic mass is 15.2. The van der Waals surface area contributed by atoms with Crippen LogP contribution < -0.4 is 15.1 Å². The number of para-hydroxylation sites is 2. The van der Waals surface area contributed by atoms with E-state index in [1.54, 1.807) is 0 Å². The lowest BCUT2D eigenvalue weighted by Crippen LogP contribution is -2.38. The van der Waals surface area contributed by atoms with Gasteiger partial charge in [-0.3, -0.25) is 0 Å². The Morgan fingerprint density at radius 2 is 1.71 bits per heavy atom. The van der Waals surface area contributed by atoms with Crippen molar-refractivity contribution in [2.75, 3.05) is 37.0 Å². The van der Waals surface area contributed by atoms with Gasteiger partial charge in [-0.15, -0.1) is 0 Å². The molecule has 1 N–H and O–H groups in total. The molecule has 2 aromatic carbocycles. The molecule has 0 atom stereocenters. The number of hydrogen-bond donors (Lipinski definition) is 1. The number of fused-ring (bicyclic) bond motifs is 1. The van der Waals surface area contributed by atoms with Crippen LogP contribution in [-0.2, 0) is 13.1 Å². The molecule has 0 fully saturated rings. The van der Waals surface area contributed by atoms with Crippen molar-refractivity contribution < 1.29 is 0 Å². The molecule has 0 saturated carbocycles. The summed E-state index contributed by atoms with van der Waals surface area (Å²) in [5.41, 5.74) is 5.39. The van der Waals surface area contributed by atoms with E-state index in [2.05, 4.69) is 70.7 Å². The molecule has 21 heavy (non-hydrogen) atoms. The minimum atomic E-state index is 0.924. The fourth-order valence-electron chi connectivity index (χ4n) is 2.99. The van der Waals surface area contributed by atoms with Crippen LogP contribution in [0.5, 0.6) is 0 Å². The van der Waals surface area contributed by atoms with Gasteiger partial charge in [-0.25, -0.2) is 0 Å². The first-order valence-electron chi connectivity index (χ1n) is 7.55. The zero-order valence-electron chi connectivity index (χ0n) is 12.8. The van der Waals surface area contributed by atoms with E-state index in [-0.39, 0.29) is 0 Å². The van der Waals surface area contributed by atoms with Gasteiger partial charge in [0.15, 0.2) is 0 Å². The quantitative estimate of drug-likeness (QED) is 0.929. The Hall–Kier alpha value is -2.00. The number of likely N-dealkylation sites (N-methyl/N-ethyl adjacent to an activating group) is 1. The summed E-state index contributed by atoms with van der Waals surface area (Å²) in [4.78, 5) is 4.82. The van der Waals surface area contributed by atoms with Gasteiger partial charge in [0.2, 0.25) is 0 Å². The zero-order valence-corrected chi connectivity index (χ0v) is 12.8. The van der Waals surface area contributed by atoms with Gasteiger partial charge in [-0.05, 0) is 30.3 Å². The van der Waals surface area contributed by atoms with Crippen molar-refractivity contribution in [3.05, 3.63) is 59.7 Å². The van der Waals surface area contributed by atoms with Crippen molar-refractivity contribution in [3.63, 3.8) is 0 Å². The fraction of sp³-hybridized carbons (Fsp3) is 0.333. The second kappa shape index (κ2) is 6.19. The first-order chi connectivity index (χ1) is 10.3. The Morgan fingerprint density at radius 1 is 0.952 bits per heavy atom. The minimum absolute atomic E-state index is 0.924. The molecule has 0 aliphatic carbocycles. The van der Waals surface area contributed by atoms with Gasteiger partial charge in [0.25, 0.3) is 0 Å². The van der Waals surface area contributed by atoms with Crippen molar-refractivity contribution in [2.24, 2.45) is 0 Å². The zero-order chi connectivity index (χ0) is 14.7. The number of nitrogens with one attached hydrogen (secondary N) is 1. The molecule has 0 aromatic heterocycles. The Bertz CT molecular complexity index is 609. The van der Waals surface area contributed by atoms with Crippen LogP contribution in [0.1, 0.15) is 11.1 Å². The van der Waals surface area contributed by atoms with E-state index in [1.807, 2.05) is 7.05 Å². The molecule has 3 rings (SSSR count). The first-order valence-corrected chi connectivity index (χ1v) is 7.55. The van der Waals surface area contributed by atoms with Gasteiger partial charge < -0.3 is 15.1 Å². The molecule has 110 valence electrons. The van der Waals surface area contributed by atoms with E-state index >= 15 is 0 Å². The summed E-state index contributed by atoms with van der Waals surface area (Å²) in [7, 11) is 4.16. The van der Waals surface area contributed by atoms with E-state index < -0.39 is 0 Å². The lowest BCUT2D eigenvalue weighted by molar-refractivity contribution is 0.733. The van der Waals surface area contributed by atoms with Crippen LogP contribution in [0, 0.1) is 0 Å². The van der Waals surface area contributed by atoms with E-state index in [0.717, 1.165) is 26.2 Å². The van der Waals surface area contributed by atoms with Gasteiger partial charge in [0.05, 0.1) is 11.4 Å².